The van der Waals surface area contributed by atoms with Gasteiger partial charge in [0.1, 0.15) is 0 Å². The van der Waals surface area contributed by atoms with Crippen molar-refractivity contribution in [1.82, 2.24) is 4.98 Å². The molecule has 0 aromatic carbocycles. The Morgan fingerprint density at radius 3 is 2.62 bits per heavy atom. The molecule has 0 unspecified atom stereocenters. The van der Waals surface area contributed by atoms with Gasteiger partial charge in [-0.1, -0.05) is 20.8 Å². The molecule has 0 bridgehead atoms. The Labute approximate surface area is 101 Å². The first-order valence-electron chi connectivity index (χ1n) is 5.71. The smallest absolute Gasteiger partial charge is 0.0957 e. The summed E-state index contributed by atoms with van der Waals surface area (Å²) >= 11 is 1.64. The number of nitrogens with two attached hydrogens (primary N) is 1. The van der Waals surface area contributed by atoms with Gasteiger partial charge < -0.3 is 10.8 Å². The predicted octanol–water partition coefficient (Wildman–Crippen LogP) is 1.84. The first-order valence-corrected chi connectivity index (χ1v) is 6.59. The van der Waals surface area contributed by atoms with E-state index in [-0.39, 0.29) is 11.5 Å². The highest BCUT2D eigenvalue weighted by molar-refractivity contribution is 7.09. The maximum Gasteiger partial charge on any atom is 0.0957 e. The summed E-state index contributed by atoms with van der Waals surface area (Å²) in [6.07, 6.45) is 2.07. The van der Waals surface area contributed by atoms with Crippen molar-refractivity contribution in [2.24, 2.45) is 5.73 Å². The van der Waals surface area contributed by atoms with Crippen LogP contribution >= 0.6 is 11.3 Å². The molecule has 1 heterocycles. The van der Waals surface area contributed by atoms with Gasteiger partial charge in [-0.2, -0.15) is 0 Å². The molecule has 0 spiro atoms. The van der Waals surface area contributed by atoms with Crippen LogP contribution in [0.15, 0.2) is 5.38 Å². The van der Waals surface area contributed by atoms with Crippen LogP contribution < -0.4 is 5.73 Å². The molecule has 90 valence electrons. The molecule has 1 saturated carbocycles. The molecule has 1 aromatic heterocycles. The van der Waals surface area contributed by atoms with Crippen molar-refractivity contribution in [3.63, 3.8) is 0 Å². The van der Waals surface area contributed by atoms with Crippen LogP contribution in [0.3, 0.4) is 0 Å². The van der Waals surface area contributed by atoms with Gasteiger partial charge in [0.25, 0.3) is 0 Å². The van der Waals surface area contributed by atoms with Gasteiger partial charge in [-0.25, -0.2) is 4.98 Å². The van der Waals surface area contributed by atoms with E-state index in [1.54, 1.807) is 11.3 Å². The Hall–Kier alpha value is -0.450. The van der Waals surface area contributed by atoms with Crippen LogP contribution in [0, 0.1) is 0 Å². The summed E-state index contributed by atoms with van der Waals surface area (Å²) in [6, 6.07) is 0.173. The quantitative estimate of drug-likeness (QED) is 0.829. The molecule has 1 fully saturated rings. The molecule has 0 saturated heterocycles. The lowest BCUT2D eigenvalue weighted by atomic mass is 9.74. The summed E-state index contributed by atoms with van der Waals surface area (Å²) in [4.78, 5) is 4.59. The second-order valence-electron chi connectivity index (χ2n) is 5.95. The van der Waals surface area contributed by atoms with Crippen molar-refractivity contribution >= 4 is 11.3 Å². The molecule has 16 heavy (non-hydrogen) atoms. The zero-order chi connectivity index (χ0) is 12.0. The van der Waals surface area contributed by atoms with Gasteiger partial charge in [0.2, 0.25) is 0 Å². The van der Waals surface area contributed by atoms with Gasteiger partial charge in [0, 0.05) is 23.3 Å². The monoisotopic (exact) mass is 240 g/mol. The third kappa shape index (κ3) is 2.44. The average Bonchev–Trinajstić information content (AvgIpc) is 2.48. The summed E-state index contributed by atoms with van der Waals surface area (Å²) in [7, 11) is 0. The molecular weight excluding hydrogens is 220 g/mol. The molecule has 2 rings (SSSR count). The fourth-order valence-electron chi connectivity index (χ4n) is 2.08. The van der Waals surface area contributed by atoms with Crippen LogP contribution in [0.5, 0.6) is 0 Å². The van der Waals surface area contributed by atoms with E-state index in [2.05, 4.69) is 31.1 Å². The highest BCUT2D eigenvalue weighted by Crippen LogP contribution is 2.35. The van der Waals surface area contributed by atoms with Gasteiger partial charge in [-0.15, -0.1) is 11.3 Å². The maximum absolute atomic E-state index is 10.1. The van der Waals surface area contributed by atoms with Gasteiger partial charge in [-0.3, -0.25) is 0 Å². The molecule has 1 aromatic rings. The van der Waals surface area contributed by atoms with Crippen molar-refractivity contribution in [2.75, 3.05) is 0 Å². The van der Waals surface area contributed by atoms with Gasteiger partial charge in [0.05, 0.1) is 16.3 Å². The lowest BCUT2D eigenvalue weighted by molar-refractivity contribution is -0.0455. The fraction of sp³-hybridized carbons (Fsp3) is 0.750. The fourth-order valence-corrected chi connectivity index (χ4v) is 3.24. The molecule has 3 N–H and O–H groups in total. The minimum atomic E-state index is -0.591. The van der Waals surface area contributed by atoms with E-state index >= 15 is 0 Å². The van der Waals surface area contributed by atoms with E-state index in [4.69, 9.17) is 5.73 Å². The molecule has 0 radical (unpaired) electrons. The number of aliphatic hydroxyl groups is 1. The lowest BCUT2D eigenvalue weighted by Gasteiger charge is -2.41. The third-order valence-corrected chi connectivity index (χ3v) is 3.93. The van der Waals surface area contributed by atoms with E-state index in [1.165, 1.54) is 0 Å². The predicted molar refractivity (Wildman–Crippen MR) is 66.7 cm³/mol. The van der Waals surface area contributed by atoms with E-state index in [1.807, 2.05) is 0 Å². The van der Waals surface area contributed by atoms with Crippen molar-refractivity contribution < 1.29 is 5.11 Å². The molecular formula is C12H20N2OS. The summed E-state index contributed by atoms with van der Waals surface area (Å²) in [5.74, 6) is 0. The van der Waals surface area contributed by atoms with Crippen molar-refractivity contribution in [3.8, 4) is 0 Å². The Morgan fingerprint density at radius 1 is 1.56 bits per heavy atom. The molecule has 1 aliphatic rings. The van der Waals surface area contributed by atoms with Crippen LogP contribution in [0.2, 0.25) is 0 Å². The summed E-state index contributed by atoms with van der Waals surface area (Å²) in [5, 5.41) is 13.3. The van der Waals surface area contributed by atoms with Crippen LogP contribution in [0.1, 0.15) is 44.3 Å². The summed E-state index contributed by atoms with van der Waals surface area (Å²) < 4.78 is 0. The van der Waals surface area contributed by atoms with Gasteiger partial charge >= 0.3 is 0 Å². The number of rotatable bonds is 2. The third-order valence-electron chi connectivity index (χ3n) is 3.08. The topological polar surface area (TPSA) is 59.1 Å². The average molecular weight is 240 g/mol. The second kappa shape index (κ2) is 3.79. The number of hydrogen-bond donors (Lipinski definition) is 2. The van der Waals surface area contributed by atoms with E-state index in [0.717, 1.165) is 10.7 Å². The second-order valence-corrected chi connectivity index (χ2v) is 6.89. The molecule has 0 amide bonds. The number of hydrogen-bond acceptors (Lipinski definition) is 4. The van der Waals surface area contributed by atoms with E-state index < -0.39 is 5.60 Å². The van der Waals surface area contributed by atoms with Crippen LogP contribution in [0.4, 0.5) is 0 Å². The Bertz CT molecular complexity index is 375. The van der Waals surface area contributed by atoms with Crippen molar-refractivity contribution in [1.29, 1.82) is 0 Å². The van der Waals surface area contributed by atoms with Crippen LogP contribution in [-0.4, -0.2) is 21.7 Å². The summed E-state index contributed by atoms with van der Waals surface area (Å²) in [6.45, 7) is 6.46. The molecule has 1 aliphatic carbocycles. The van der Waals surface area contributed by atoms with E-state index in [9.17, 15) is 5.11 Å². The van der Waals surface area contributed by atoms with Gasteiger partial charge in [-0.05, 0) is 12.8 Å². The molecule has 0 atom stereocenters. The zero-order valence-electron chi connectivity index (χ0n) is 10.2. The number of thiazole rings is 1. The first kappa shape index (κ1) is 12.0. The Balaban J connectivity index is 2.04. The highest BCUT2D eigenvalue weighted by atomic mass is 32.1. The van der Waals surface area contributed by atoms with E-state index in [0.29, 0.717) is 19.3 Å². The number of aromatic nitrogens is 1. The molecule has 0 aliphatic heterocycles. The minimum absolute atomic E-state index is 0.0907. The molecule has 4 heteroatoms. The van der Waals surface area contributed by atoms with Crippen molar-refractivity contribution in [3.05, 3.63) is 16.1 Å². The highest BCUT2D eigenvalue weighted by Gasteiger charge is 2.41. The van der Waals surface area contributed by atoms with Crippen LogP contribution in [0.25, 0.3) is 0 Å². The lowest BCUT2D eigenvalue weighted by Crippen LogP contribution is -2.52. The SMILES string of the molecule is CC(C)(C)c1csc(CC2(O)CC(N)C2)n1. The maximum atomic E-state index is 10.1. The normalized spacial score (nSPS) is 30.2. The van der Waals surface area contributed by atoms with Crippen molar-refractivity contribution in [2.45, 2.75) is 57.1 Å². The van der Waals surface area contributed by atoms with Crippen LogP contribution in [-0.2, 0) is 11.8 Å². The minimum Gasteiger partial charge on any atom is -0.389 e. The number of nitrogens with zero attached hydrogens (tertiary/aromatic N) is 1. The van der Waals surface area contributed by atoms with Gasteiger partial charge in [0.15, 0.2) is 0 Å². The summed E-state index contributed by atoms with van der Waals surface area (Å²) in [5.41, 5.74) is 6.32. The standard InChI is InChI=1S/C12H20N2OS/c1-11(2,3)9-7-16-10(14-9)6-12(15)4-8(13)5-12/h7-8,15H,4-6,13H2,1-3H3. The first-order chi connectivity index (χ1) is 7.28. The Kier molecular flexibility index (Phi) is 2.85. The zero-order valence-corrected chi connectivity index (χ0v) is 11.0. The largest absolute Gasteiger partial charge is 0.389 e. The molecule has 3 nitrogen and oxygen atoms in total. The Morgan fingerprint density at radius 2 is 2.19 bits per heavy atom.